The molecule has 0 aliphatic carbocycles. The van der Waals surface area contributed by atoms with Gasteiger partial charge in [0.05, 0.1) is 5.69 Å². The van der Waals surface area contributed by atoms with Crippen LogP contribution in [0.5, 0.6) is 0 Å². The Morgan fingerprint density at radius 3 is 2.86 bits per heavy atom. The van der Waals surface area contributed by atoms with E-state index in [0.717, 1.165) is 5.69 Å². The van der Waals surface area contributed by atoms with Gasteiger partial charge in [-0.1, -0.05) is 0 Å². The maximum Gasteiger partial charge on any atom is 0.250 e. The Labute approximate surface area is 83.7 Å². The summed E-state index contributed by atoms with van der Waals surface area (Å²) in [5.74, 6) is 0. The summed E-state index contributed by atoms with van der Waals surface area (Å²) >= 11 is 0. The summed E-state index contributed by atoms with van der Waals surface area (Å²) in [7, 11) is 0. The molecule has 0 saturated heterocycles. The summed E-state index contributed by atoms with van der Waals surface area (Å²) in [5, 5.41) is 3.21. The van der Waals surface area contributed by atoms with E-state index in [1.165, 1.54) is 0 Å². The van der Waals surface area contributed by atoms with Gasteiger partial charge in [0.15, 0.2) is 0 Å². The van der Waals surface area contributed by atoms with Crippen LogP contribution < -0.4 is 16.6 Å². The average Bonchev–Trinajstić information content (AvgIpc) is 2.20. The molecule has 3 N–H and O–H groups in total. The van der Waals surface area contributed by atoms with E-state index in [1.54, 1.807) is 16.7 Å². The van der Waals surface area contributed by atoms with Crippen LogP contribution in [0.4, 0.5) is 5.69 Å². The first-order valence-electron chi connectivity index (χ1n) is 4.84. The molecule has 14 heavy (non-hydrogen) atoms. The zero-order valence-corrected chi connectivity index (χ0v) is 8.66. The lowest BCUT2D eigenvalue weighted by Gasteiger charge is -2.13. The van der Waals surface area contributed by atoms with Crippen molar-refractivity contribution in [2.75, 3.05) is 11.9 Å². The summed E-state index contributed by atoms with van der Waals surface area (Å²) in [6.45, 7) is 5.20. The van der Waals surface area contributed by atoms with E-state index in [-0.39, 0.29) is 11.6 Å². The number of hydrogen-bond acceptors (Lipinski definition) is 3. The average molecular weight is 195 g/mol. The number of anilines is 1. The number of aromatic nitrogens is 1. The monoisotopic (exact) mass is 195 g/mol. The van der Waals surface area contributed by atoms with E-state index in [2.05, 4.69) is 5.32 Å². The molecule has 0 aliphatic rings. The summed E-state index contributed by atoms with van der Waals surface area (Å²) < 4.78 is 1.66. The highest BCUT2D eigenvalue weighted by Gasteiger charge is 2.00. The Morgan fingerprint density at radius 2 is 2.29 bits per heavy atom. The van der Waals surface area contributed by atoms with E-state index in [0.29, 0.717) is 13.1 Å². The molecule has 78 valence electrons. The fraction of sp³-hybridized carbons (Fsp3) is 0.500. The Morgan fingerprint density at radius 1 is 1.57 bits per heavy atom. The number of pyridine rings is 1. The molecule has 0 saturated carbocycles. The van der Waals surface area contributed by atoms with E-state index in [1.807, 2.05) is 20.0 Å². The van der Waals surface area contributed by atoms with Crippen molar-refractivity contribution in [1.29, 1.82) is 0 Å². The van der Waals surface area contributed by atoms with E-state index >= 15 is 0 Å². The van der Waals surface area contributed by atoms with Crippen molar-refractivity contribution in [3.8, 4) is 0 Å². The molecule has 0 aromatic carbocycles. The van der Waals surface area contributed by atoms with Crippen molar-refractivity contribution in [2.24, 2.45) is 5.73 Å². The molecule has 1 heterocycles. The summed E-state index contributed by atoms with van der Waals surface area (Å²) in [4.78, 5) is 11.3. The minimum atomic E-state index is 0.0263. The largest absolute Gasteiger partial charge is 0.380 e. The van der Waals surface area contributed by atoms with Crippen LogP contribution in [0.1, 0.15) is 13.8 Å². The Kier molecular flexibility index (Phi) is 3.71. The molecule has 1 aromatic rings. The number of nitrogens with two attached hydrogens (primary N) is 1. The predicted octanol–water partition coefficient (Wildman–Crippen LogP) is 0.627. The van der Waals surface area contributed by atoms with E-state index in [4.69, 9.17) is 5.73 Å². The Balaban J connectivity index is 2.84. The van der Waals surface area contributed by atoms with Gasteiger partial charge >= 0.3 is 0 Å². The Bertz CT molecular complexity index is 345. The standard InChI is InChI=1S/C10H17N3O/c1-3-13-7-9(4-5-10(13)14)12-8(2)6-11/h4-5,7-8,12H,3,6,11H2,1-2H3. The third kappa shape index (κ3) is 2.60. The van der Waals surface area contributed by atoms with Gasteiger partial charge in [0, 0.05) is 31.4 Å². The lowest BCUT2D eigenvalue weighted by atomic mass is 10.3. The molecule has 0 aliphatic heterocycles. The number of rotatable bonds is 4. The fourth-order valence-corrected chi connectivity index (χ4v) is 1.21. The zero-order chi connectivity index (χ0) is 10.6. The van der Waals surface area contributed by atoms with Crippen LogP contribution in [0, 0.1) is 0 Å². The molecule has 1 rings (SSSR count). The molecule has 0 radical (unpaired) electrons. The molecule has 0 amide bonds. The maximum absolute atomic E-state index is 11.3. The number of hydrogen-bond donors (Lipinski definition) is 2. The third-order valence-corrected chi connectivity index (χ3v) is 2.09. The first-order valence-corrected chi connectivity index (χ1v) is 4.84. The molecule has 4 heteroatoms. The number of nitrogens with one attached hydrogen (secondary N) is 1. The van der Waals surface area contributed by atoms with Gasteiger partial charge < -0.3 is 15.6 Å². The molecular formula is C10H17N3O. The number of aryl methyl sites for hydroxylation is 1. The van der Waals surface area contributed by atoms with Gasteiger partial charge in [-0.3, -0.25) is 4.79 Å². The van der Waals surface area contributed by atoms with Crippen molar-refractivity contribution in [3.63, 3.8) is 0 Å². The number of nitrogens with zero attached hydrogens (tertiary/aromatic N) is 1. The highest BCUT2D eigenvalue weighted by atomic mass is 16.1. The quantitative estimate of drug-likeness (QED) is 0.740. The topological polar surface area (TPSA) is 60.1 Å². The van der Waals surface area contributed by atoms with Gasteiger partial charge in [0.2, 0.25) is 0 Å². The lowest BCUT2D eigenvalue weighted by Crippen LogP contribution is -2.26. The van der Waals surface area contributed by atoms with Crippen molar-refractivity contribution in [1.82, 2.24) is 4.57 Å². The zero-order valence-electron chi connectivity index (χ0n) is 8.66. The lowest BCUT2D eigenvalue weighted by molar-refractivity contribution is 0.723. The van der Waals surface area contributed by atoms with Crippen LogP contribution >= 0.6 is 0 Å². The van der Waals surface area contributed by atoms with Gasteiger partial charge in [0.25, 0.3) is 5.56 Å². The van der Waals surface area contributed by atoms with Crippen molar-refractivity contribution in [3.05, 3.63) is 28.7 Å². The van der Waals surface area contributed by atoms with Gasteiger partial charge in [-0.25, -0.2) is 0 Å². The van der Waals surface area contributed by atoms with Crippen molar-refractivity contribution in [2.45, 2.75) is 26.4 Å². The van der Waals surface area contributed by atoms with Crippen LogP contribution in [-0.4, -0.2) is 17.2 Å². The van der Waals surface area contributed by atoms with E-state index in [9.17, 15) is 4.79 Å². The highest BCUT2D eigenvalue weighted by molar-refractivity contribution is 5.41. The van der Waals surface area contributed by atoms with Gasteiger partial charge in [-0.2, -0.15) is 0 Å². The minimum absolute atomic E-state index is 0.0263. The van der Waals surface area contributed by atoms with Crippen LogP contribution in [0.2, 0.25) is 0 Å². The molecule has 4 nitrogen and oxygen atoms in total. The summed E-state index contributed by atoms with van der Waals surface area (Å²) in [6, 6.07) is 3.56. The van der Waals surface area contributed by atoms with Crippen LogP contribution in [0.15, 0.2) is 23.1 Å². The first kappa shape index (κ1) is 10.8. The van der Waals surface area contributed by atoms with Gasteiger partial charge in [0.1, 0.15) is 0 Å². The molecule has 0 spiro atoms. The van der Waals surface area contributed by atoms with Crippen LogP contribution in [0.25, 0.3) is 0 Å². The Hall–Kier alpha value is -1.29. The first-order chi connectivity index (χ1) is 6.67. The molecule has 1 atom stereocenters. The van der Waals surface area contributed by atoms with Crippen molar-refractivity contribution >= 4 is 5.69 Å². The third-order valence-electron chi connectivity index (χ3n) is 2.09. The summed E-state index contributed by atoms with van der Waals surface area (Å²) in [5.41, 5.74) is 6.45. The minimum Gasteiger partial charge on any atom is -0.380 e. The predicted molar refractivity (Wildman–Crippen MR) is 58.5 cm³/mol. The molecular weight excluding hydrogens is 178 g/mol. The van der Waals surface area contributed by atoms with Crippen LogP contribution in [-0.2, 0) is 6.54 Å². The smallest absolute Gasteiger partial charge is 0.250 e. The van der Waals surface area contributed by atoms with Crippen LogP contribution in [0.3, 0.4) is 0 Å². The second-order valence-electron chi connectivity index (χ2n) is 3.32. The fourth-order valence-electron chi connectivity index (χ4n) is 1.21. The SMILES string of the molecule is CCn1cc(NC(C)CN)ccc1=O. The second kappa shape index (κ2) is 4.81. The molecule has 1 aromatic heterocycles. The van der Waals surface area contributed by atoms with Gasteiger partial charge in [-0.05, 0) is 19.9 Å². The molecule has 0 bridgehead atoms. The normalized spacial score (nSPS) is 12.5. The van der Waals surface area contributed by atoms with E-state index < -0.39 is 0 Å². The van der Waals surface area contributed by atoms with Crippen molar-refractivity contribution < 1.29 is 0 Å². The second-order valence-corrected chi connectivity index (χ2v) is 3.32. The summed E-state index contributed by atoms with van der Waals surface area (Å²) in [6.07, 6.45) is 1.81. The van der Waals surface area contributed by atoms with Gasteiger partial charge in [-0.15, -0.1) is 0 Å². The molecule has 1 unspecified atom stereocenters. The highest BCUT2D eigenvalue weighted by Crippen LogP contribution is 2.04. The molecule has 0 fully saturated rings. The maximum atomic E-state index is 11.3.